The number of benzene rings is 1. The van der Waals surface area contributed by atoms with Crippen LogP contribution in [0, 0.1) is 0 Å². The fourth-order valence-corrected chi connectivity index (χ4v) is 4.79. The molecule has 0 aromatic heterocycles. The number of carbonyl (C=O) groups is 1. The molecule has 28 heavy (non-hydrogen) atoms. The van der Waals surface area contributed by atoms with Crippen molar-refractivity contribution < 1.29 is 13.2 Å². The topological polar surface area (TPSA) is 73.0 Å². The number of nitrogens with zero attached hydrogens (tertiary/aromatic N) is 3. The molecule has 2 heterocycles. The van der Waals surface area contributed by atoms with Gasteiger partial charge >= 0.3 is 0 Å². The average Bonchev–Trinajstić information content (AvgIpc) is 3.21. The standard InChI is InChI=1S/C19H30N4O3S.ClH/c1-20-15-7-6-12-23(14-15)19(24)17-13-16(27(25,26)21(2)3)8-9-18(17)22-10-4-5-11-22;/h8-9,13,15,20H,4-7,10-12,14H2,1-3H3;1H. The molecule has 0 saturated carbocycles. The van der Waals surface area contributed by atoms with Crippen molar-refractivity contribution in [3.05, 3.63) is 23.8 Å². The Labute approximate surface area is 174 Å². The van der Waals surface area contributed by atoms with E-state index in [0.717, 1.165) is 44.5 Å². The van der Waals surface area contributed by atoms with Crippen LogP contribution in [0.4, 0.5) is 5.69 Å². The third-order valence-corrected chi connectivity index (χ3v) is 7.35. The van der Waals surface area contributed by atoms with Gasteiger partial charge in [0.2, 0.25) is 10.0 Å². The molecule has 1 amide bonds. The van der Waals surface area contributed by atoms with Crippen molar-refractivity contribution in [3.8, 4) is 0 Å². The molecule has 1 aromatic rings. The van der Waals surface area contributed by atoms with Crippen molar-refractivity contribution in [1.29, 1.82) is 0 Å². The van der Waals surface area contributed by atoms with Crippen molar-refractivity contribution in [2.45, 2.75) is 36.6 Å². The predicted molar refractivity (Wildman–Crippen MR) is 114 cm³/mol. The fraction of sp³-hybridized carbons (Fsp3) is 0.632. The summed E-state index contributed by atoms with van der Waals surface area (Å²) in [6.07, 6.45) is 4.19. The van der Waals surface area contributed by atoms with Crippen LogP contribution in [0.15, 0.2) is 23.1 Å². The number of hydrogen-bond acceptors (Lipinski definition) is 5. The minimum absolute atomic E-state index is 0. The van der Waals surface area contributed by atoms with Crippen LogP contribution in [0.25, 0.3) is 0 Å². The van der Waals surface area contributed by atoms with Crippen LogP contribution in [0.3, 0.4) is 0 Å². The van der Waals surface area contributed by atoms with Gasteiger partial charge in [-0.3, -0.25) is 4.79 Å². The monoisotopic (exact) mass is 430 g/mol. The number of sulfonamides is 1. The molecule has 2 fully saturated rings. The number of amides is 1. The summed E-state index contributed by atoms with van der Waals surface area (Å²) in [7, 11) is 1.34. The number of piperidine rings is 1. The average molecular weight is 431 g/mol. The van der Waals surface area contributed by atoms with E-state index in [0.29, 0.717) is 18.7 Å². The van der Waals surface area contributed by atoms with Crippen molar-refractivity contribution in [2.24, 2.45) is 0 Å². The number of rotatable bonds is 5. The van der Waals surface area contributed by atoms with Crippen LogP contribution < -0.4 is 10.2 Å². The van der Waals surface area contributed by atoms with Gasteiger partial charge in [0, 0.05) is 52.0 Å². The molecular weight excluding hydrogens is 400 g/mol. The van der Waals surface area contributed by atoms with Gasteiger partial charge < -0.3 is 15.1 Å². The predicted octanol–water partition coefficient (Wildman–Crippen LogP) is 1.78. The minimum atomic E-state index is -3.59. The van der Waals surface area contributed by atoms with Gasteiger partial charge in [-0.1, -0.05) is 0 Å². The summed E-state index contributed by atoms with van der Waals surface area (Å²) < 4.78 is 26.4. The van der Waals surface area contributed by atoms with E-state index in [9.17, 15) is 13.2 Å². The van der Waals surface area contributed by atoms with Crippen LogP contribution in [0.5, 0.6) is 0 Å². The zero-order valence-electron chi connectivity index (χ0n) is 16.8. The van der Waals surface area contributed by atoms with Crippen molar-refractivity contribution >= 4 is 34.0 Å². The molecule has 0 spiro atoms. The van der Waals surface area contributed by atoms with Crippen molar-refractivity contribution in [1.82, 2.24) is 14.5 Å². The Hall–Kier alpha value is -1.35. The molecule has 0 radical (unpaired) electrons. The van der Waals surface area contributed by atoms with E-state index < -0.39 is 10.0 Å². The van der Waals surface area contributed by atoms with Crippen LogP contribution in [0.1, 0.15) is 36.0 Å². The quantitative estimate of drug-likeness (QED) is 0.770. The van der Waals surface area contributed by atoms with Gasteiger partial charge in [0.15, 0.2) is 0 Å². The number of anilines is 1. The lowest BCUT2D eigenvalue weighted by molar-refractivity contribution is 0.0698. The van der Waals surface area contributed by atoms with Crippen LogP contribution in [-0.2, 0) is 10.0 Å². The molecule has 1 atom stereocenters. The highest BCUT2D eigenvalue weighted by Gasteiger charge is 2.29. The van der Waals surface area contributed by atoms with Gasteiger partial charge in [-0.05, 0) is 50.9 Å². The molecule has 0 aliphatic carbocycles. The summed E-state index contributed by atoms with van der Waals surface area (Å²) in [4.78, 5) is 17.6. The molecule has 1 aromatic carbocycles. The highest BCUT2D eigenvalue weighted by molar-refractivity contribution is 7.89. The molecule has 3 rings (SSSR count). The first kappa shape index (κ1) is 22.9. The summed E-state index contributed by atoms with van der Waals surface area (Å²) >= 11 is 0. The molecule has 1 unspecified atom stereocenters. The molecular formula is C19H31ClN4O3S. The van der Waals surface area contributed by atoms with Crippen molar-refractivity contribution in [3.63, 3.8) is 0 Å². The first-order valence-corrected chi connectivity index (χ1v) is 11.1. The molecule has 1 N–H and O–H groups in total. The van der Waals surface area contributed by atoms with E-state index in [4.69, 9.17) is 0 Å². The number of hydrogen-bond donors (Lipinski definition) is 1. The van der Waals surface area contributed by atoms with E-state index in [1.807, 2.05) is 11.9 Å². The Morgan fingerprint density at radius 2 is 1.82 bits per heavy atom. The van der Waals surface area contributed by atoms with Crippen LogP contribution in [0.2, 0.25) is 0 Å². The van der Waals surface area contributed by atoms with Crippen LogP contribution in [-0.4, -0.2) is 76.9 Å². The lowest BCUT2D eigenvalue weighted by atomic mass is 10.0. The summed E-state index contributed by atoms with van der Waals surface area (Å²) in [6.45, 7) is 3.17. The second kappa shape index (κ2) is 9.43. The molecule has 2 aliphatic heterocycles. The van der Waals surface area contributed by atoms with Gasteiger partial charge in [-0.15, -0.1) is 12.4 Å². The molecule has 158 valence electrons. The normalized spacial score (nSPS) is 20.4. The van der Waals surface area contributed by atoms with E-state index in [1.54, 1.807) is 18.2 Å². The van der Waals surface area contributed by atoms with Gasteiger partial charge in [0.05, 0.1) is 10.5 Å². The molecule has 2 aliphatic rings. The SMILES string of the molecule is CNC1CCCN(C(=O)c2cc(S(=O)(=O)N(C)C)ccc2N2CCCC2)C1.Cl. The number of likely N-dealkylation sites (N-methyl/N-ethyl adjacent to an activating group) is 1. The maximum Gasteiger partial charge on any atom is 0.256 e. The highest BCUT2D eigenvalue weighted by Crippen LogP contribution is 2.30. The molecule has 2 saturated heterocycles. The van der Waals surface area contributed by atoms with E-state index in [2.05, 4.69) is 10.2 Å². The van der Waals surface area contributed by atoms with E-state index in [-0.39, 0.29) is 29.3 Å². The maximum absolute atomic E-state index is 13.4. The summed E-state index contributed by atoms with van der Waals surface area (Å²) in [5, 5.41) is 3.25. The Morgan fingerprint density at radius 3 is 2.43 bits per heavy atom. The Balaban J connectivity index is 0.00000280. The smallest absolute Gasteiger partial charge is 0.256 e. The summed E-state index contributed by atoms with van der Waals surface area (Å²) in [5.41, 5.74) is 1.35. The first-order valence-electron chi connectivity index (χ1n) is 9.62. The van der Waals surface area contributed by atoms with Gasteiger partial charge in [0.25, 0.3) is 5.91 Å². The van der Waals surface area contributed by atoms with Crippen LogP contribution >= 0.6 is 12.4 Å². The first-order chi connectivity index (χ1) is 12.8. The Morgan fingerprint density at radius 1 is 1.14 bits per heavy atom. The van der Waals surface area contributed by atoms with Gasteiger partial charge in [0.1, 0.15) is 0 Å². The highest BCUT2D eigenvalue weighted by atomic mass is 35.5. The fourth-order valence-electron chi connectivity index (χ4n) is 3.86. The Bertz CT molecular complexity index is 794. The third-order valence-electron chi connectivity index (χ3n) is 5.54. The second-order valence-corrected chi connectivity index (χ2v) is 9.69. The zero-order chi connectivity index (χ0) is 19.6. The summed E-state index contributed by atoms with van der Waals surface area (Å²) in [5.74, 6) is -0.0762. The number of halogens is 1. The number of likely N-dealkylation sites (tertiary alicyclic amines) is 1. The van der Waals surface area contributed by atoms with Crippen molar-refractivity contribution in [2.75, 3.05) is 52.2 Å². The zero-order valence-corrected chi connectivity index (χ0v) is 18.5. The second-order valence-electron chi connectivity index (χ2n) is 7.54. The van der Waals surface area contributed by atoms with E-state index >= 15 is 0 Å². The summed E-state index contributed by atoms with van der Waals surface area (Å²) in [6, 6.07) is 5.27. The van der Waals surface area contributed by atoms with Gasteiger partial charge in [-0.2, -0.15) is 0 Å². The lowest BCUT2D eigenvalue weighted by Gasteiger charge is -2.34. The molecule has 7 nitrogen and oxygen atoms in total. The minimum Gasteiger partial charge on any atom is -0.371 e. The van der Waals surface area contributed by atoms with E-state index in [1.165, 1.54) is 18.4 Å². The maximum atomic E-state index is 13.4. The Kier molecular flexibility index (Phi) is 7.73. The third kappa shape index (κ3) is 4.62. The molecule has 0 bridgehead atoms. The number of nitrogens with one attached hydrogen (secondary N) is 1. The number of carbonyl (C=O) groups excluding carboxylic acids is 1. The molecule has 9 heteroatoms. The lowest BCUT2D eigenvalue weighted by Crippen LogP contribution is -2.47. The van der Waals surface area contributed by atoms with Gasteiger partial charge in [-0.25, -0.2) is 12.7 Å². The largest absolute Gasteiger partial charge is 0.371 e.